The van der Waals surface area contributed by atoms with Crippen molar-refractivity contribution in [2.24, 2.45) is 5.90 Å². The van der Waals surface area contributed by atoms with Crippen LogP contribution in [-0.2, 0) is 0 Å². The molecule has 1 aliphatic rings. The minimum absolute atomic E-state index is 0.181. The van der Waals surface area contributed by atoms with Gasteiger partial charge in [-0.2, -0.15) is 5.90 Å². The van der Waals surface area contributed by atoms with Crippen LogP contribution in [0.2, 0.25) is 0 Å². The zero-order valence-electron chi connectivity index (χ0n) is 9.34. The van der Waals surface area contributed by atoms with Gasteiger partial charge in [-0.05, 0) is 6.07 Å². The molecule has 0 spiro atoms. The van der Waals surface area contributed by atoms with E-state index in [2.05, 4.69) is 4.84 Å². The lowest BCUT2D eigenvalue weighted by atomic mass is 9.84. The van der Waals surface area contributed by atoms with E-state index < -0.39 is 0 Å². The molecule has 0 bridgehead atoms. The molecule has 0 aliphatic heterocycles. The summed E-state index contributed by atoms with van der Waals surface area (Å²) in [4.78, 5) is 29.3. The first-order valence-electron chi connectivity index (χ1n) is 5.42. The molecule has 2 N–H and O–H groups in total. The van der Waals surface area contributed by atoms with Crippen LogP contribution < -0.4 is 10.7 Å². The summed E-state index contributed by atoms with van der Waals surface area (Å²) in [6, 6.07) is 11.5. The predicted octanol–water partition coefficient (Wildman–Crippen LogP) is 1.71. The quantitative estimate of drug-likeness (QED) is 0.656. The summed E-state index contributed by atoms with van der Waals surface area (Å²) in [7, 11) is 0. The molecule has 18 heavy (non-hydrogen) atoms. The molecule has 2 aromatic rings. The third-order valence-corrected chi connectivity index (χ3v) is 3.04. The molecule has 0 unspecified atom stereocenters. The van der Waals surface area contributed by atoms with Gasteiger partial charge in [0.05, 0.1) is 5.56 Å². The molecule has 2 aromatic carbocycles. The van der Waals surface area contributed by atoms with Gasteiger partial charge in [0.15, 0.2) is 17.3 Å². The van der Waals surface area contributed by atoms with Crippen molar-refractivity contribution in [3.63, 3.8) is 0 Å². The highest BCUT2D eigenvalue weighted by molar-refractivity contribution is 6.29. The molecule has 0 heterocycles. The summed E-state index contributed by atoms with van der Waals surface area (Å²) in [5, 5.41) is 0. The molecule has 0 amide bonds. The average molecular weight is 239 g/mol. The summed E-state index contributed by atoms with van der Waals surface area (Å²) >= 11 is 0. The Morgan fingerprint density at radius 3 is 2.06 bits per heavy atom. The third-order valence-electron chi connectivity index (χ3n) is 3.04. The summed E-state index contributed by atoms with van der Waals surface area (Å²) in [5.41, 5.74) is 1.38. The van der Waals surface area contributed by atoms with E-state index in [0.29, 0.717) is 16.7 Å². The van der Waals surface area contributed by atoms with Crippen molar-refractivity contribution in [1.29, 1.82) is 0 Å². The van der Waals surface area contributed by atoms with E-state index in [9.17, 15) is 9.59 Å². The van der Waals surface area contributed by atoms with Gasteiger partial charge in [-0.25, -0.2) is 0 Å². The monoisotopic (exact) mass is 239 g/mol. The van der Waals surface area contributed by atoms with Crippen molar-refractivity contribution in [2.45, 2.75) is 0 Å². The fourth-order valence-corrected chi connectivity index (χ4v) is 2.21. The van der Waals surface area contributed by atoms with Crippen LogP contribution in [0.15, 0.2) is 42.5 Å². The number of hydrogen-bond acceptors (Lipinski definition) is 4. The van der Waals surface area contributed by atoms with Gasteiger partial charge >= 0.3 is 0 Å². The van der Waals surface area contributed by atoms with Gasteiger partial charge in [-0.1, -0.05) is 36.4 Å². The average Bonchev–Trinajstić information content (AvgIpc) is 2.44. The lowest BCUT2D eigenvalue weighted by molar-refractivity contribution is 0.0975. The van der Waals surface area contributed by atoms with E-state index in [1.807, 2.05) is 0 Å². The minimum Gasteiger partial charge on any atom is -0.411 e. The van der Waals surface area contributed by atoms with Gasteiger partial charge in [0.2, 0.25) is 0 Å². The molecule has 88 valence electrons. The number of nitrogens with two attached hydrogens (primary N) is 1. The van der Waals surface area contributed by atoms with Crippen molar-refractivity contribution in [1.82, 2.24) is 0 Å². The standard InChI is InChI=1S/C14H9NO3/c15-18-11-7-3-6-10-12(11)14(17)9-5-2-1-4-8(9)13(10)16/h1-7H,15H2. The maximum absolute atomic E-state index is 12.3. The van der Waals surface area contributed by atoms with Crippen molar-refractivity contribution in [3.05, 3.63) is 64.7 Å². The van der Waals surface area contributed by atoms with Crippen LogP contribution >= 0.6 is 0 Å². The predicted molar refractivity (Wildman–Crippen MR) is 64.6 cm³/mol. The SMILES string of the molecule is NOc1cccc2c1C(=O)c1ccccc1C2=O. The Hall–Kier alpha value is -2.46. The Morgan fingerprint density at radius 2 is 1.39 bits per heavy atom. The maximum atomic E-state index is 12.3. The Bertz CT molecular complexity index is 676. The molecule has 4 nitrogen and oxygen atoms in total. The summed E-state index contributed by atoms with van der Waals surface area (Å²) in [6.07, 6.45) is 0. The Balaban J connectivity index is 2.34. The molecule has 0 radical (unpaired) electrons. The zero-order valence-corrected chi connectivity index (χ0v) is 9.34. The Labute approximate surface area is 103 Å². The fraction of sp³-hybridized carbons (Fsp3) is 0. The van der Waals surface area contributed by atoms with Crippen LogP contribution in [0.1, 0.15) is 31.8 Å². The molecule has 0 saturated heterocycles. The van der Waals surface area contributed by atoms with Crippen molar-refractivity contribution in [3.8, 4) is 5.75 Å². The molecular weight excluding hydrogens is 230 g/mol. The topological polar surface area (TPSA) is 69.4 Å². The van der Waals surface area contributed by atoms with Crippen LogP contribution in [0, 0.1) is 0 Å². The molecule has 0 fully saturated rings. The Kier molecular flexibility index (Phi) is 2.25. The number of fused-ring (bicyclic) bond motifs is 2. The normalized spacial score (nSPS) is 12.9. The van der Waals surface area contributed by atoms with Gasteiger partial charge in [0.1, 0.15) is 0 Å². The number of rotatable bonds is 1. The van der Waals surface area contributed by atoms with Gasteiger partial charge < -0.3 is 4.84 Å². The minimum atomic E-state index is -0.235. The lowest BCUT2D eigenvalue weighted by Gasteiger charge is -2.18. The first-order chi connectivity index (χ1) is 8.74. The van der Waals surface area contributed by atoms with Crippen LogP contribution in [0.3, 0.4) is 0 Å². The van der Waals surface area contributed by atoms with E-state index in [0.717, 1.165) is 0 Å². The number of carbonyl (C=O) groups is 2. The number of carbonyl (C=O) groups excluding carboxylic acids is 2. The number of ketones is 2. The highest BCUT2D eigenvalue weighted by atomic mass is 16.6. The van der Waals surface area contributed by atoms with E-state index in [-0.39, 0.29) is 22.9 Å². The first kappa shape index (κ1) is 10.7. The highest BCUT2D eigenvalue weighted by Crippen LogP contribution is 2.32. The zero-order chi connectivity index (χ0) is 12.7. The largest absolute Gasteiger partial charge is 0.411 e. The fourth-order valence-electron chi connectivity index (χ4n) is 2.21. The number of hydrogen-bond donors (Lipinski definition) is 1. The second-order valence-electron chi connectivity index (χ2n) is 4.00. The second-order valence-corrected chi connectivity index (χ2v) is 4.00. The molecule has 0 aromatic heterocycles. The van der Waals surface area contributed by atoms with Crippen LogP contribution in [-0.4, -0.2) is 11.6 Å². The van der Waals surface area contributed by atoms with Crippen molar-refractivity contribution >= 4 is 11.6 Å². The smallest absolute Gasteiger partial charge is 0.198 e. The van der Waals surface area contributed by atoms with Gasteiger partial charge in [0.25, 0.3) is 0 Å². The third kappa shape index (κ3) is 1.30. The van der Waals surface area contributed by atoms with E-state index in [1.165, 1.54) is 0 Å². The van der Waals surface area contributed by atoms with E-state index in [1.54, 1.807) is 42.5 Å². The molecular formula is C14H9NO3. The van der Waals surface area contributed by atoms with Gasteiger partial charge in [-0.15, -0.1) is 0 Å². The second kappa shape index (κ2) is 3.78. The van der Waals surface area contributed by atoms with Crippen LogP contribution in [0.5, 0.6) is 5.75 Å². The highest BCUT2D eigenvalue weighted by Gasteiger charge is 2.31. The summed E-state index contributed by atoms with van der Waals surface area (Å²) in [5.74, 6) is 4.94. The summed E-state index contributed by atoms with van der Waals surface area (Å²) in [6.45, 7) is 0. The van der Waals surface area contributed by atoms with Crippen LogP contribution in [0.4, 0.5) is 0 Å². The van der Waals surface area contributed by atoms with Crippen molar-refractivity contribution < 1.29 is 14.4 Å². The van der Waals surface area contributed by atoms with Gasteiger partial charge in [0, 0.05) is 16.7 Å². The van der Waals surface area contributed by atoms with Gasteiger partial charge in [-0.3, -0.25) is 9.59 Å². The molecule has 4 heteroatoms. The van der Waals surface area contributed by atoms with Crippen molar-refractivity contribution in [2.75, 3.05) is 0 Å². The van der Waals surface area contributed by atoms with E-state index in [4.69, 9.17) is 5.90 Å². The first-order valence-corrected chi connectivity index (χ1v) is 5.42. The lowest BCUT2D eigenvalue weighted by Crippen LogP contribution is -2.22. The number of benzene rings is 2. The molecule has 3 rings (SSSR count). The molecule has 0 saturated carbocycles. The van der Waals surface area contributed by atoms with E-state index >= 15 is 0 Å². The van der Waals surface area contributed by atoms with Crippen LogP contribution in [0.25, 0.3) is 0 Å². The Morgan fingerprint density at radius 1 is 0.778 bits per heavy atom. The maximum Gasteiger partial charge on any atom is 0.198 e. The molecule has 0 atom stereocenters. The molecule has 1 aliphatic carbocycles. The summed E-state index contributed by atoms with van der Waals surface area (Å²) < 4.78 is 0.